The quantitative estimate of drug-likeness (QED) is 0.625. The summed E-state index contributed by atoms with van der Waals surface area (Å²) in [5.74, 6) is -0.568. The third-order valence-corrected chi connectivity index (χ3v) is 8.75. The van der Waals surface area contributed by atoms with Gasteiger partial charge in [-0.2, -0.15) is 4.31 Å². The summed E-state index contributed by atoms with van der Waals surface area (Å²) in [7, 11) is -3.59. The number of piperidine rings is 1. The van der Waals surface area contributed by atoms with Gasteiger partial charge in [-0.05, 0) is 75.6 Å². The van der Waals surface area contributed by atoms with Gasteiger partial charge in [0.1, 0.15) is 0 Å². The van der Waals surface area contributed by atoms with Crippen molar-refractivity contribution in [3.05, 3.63) is 29.3 Å². The molecule has 0 spiro atoms. The van der Waals surface area contributed by atoms with Gasteiger partial charge in [-0.1, -0.05) is 25.3 Å². The summed E-state index contributed by atoms with van der Waals surface area (Å²) in [4.78, 5) is 25.2. The zero-order valence-corrected chi connectivity index (χ0v) is 20.2. The molecule has 0 aromatic heterocycles. The van der Waals surface area contributed by atoms with Crippen molar-refractivity contribution in [1.29, 1.82) is 0 Å². The molecule has 0 bridgehead atoms. The molecule has 1 aromatic rings. The van der Waals surface area contributed by atoms with Crippen LogP contribution in [0.5, 0.6) is 0 Å². The molecule has 3 rings (SSSR count). The molecule has 1 amide bonds. The molecule has 0 radical (unpaired) electrons. The fourth-order valence-corrected chi connectivity index (χ4v) is 6.01. The van der Waals surface area contributed by atoms with Gasteiger partial charge in [-0.25, -0.2) is 8.42 Å². The van der Waals surface area contributed by atoms with Crippen LogP contribution >= 0.6 is 0 Å². The number of aryl methyl sites for hydroxylation is 2. The molecule has 32 heavy (non-hydrogen) atoms. The molecule has 1 atom stereocenters. The molecule has 0 unspecified atom stereocenters. The van der Waals surface area contributed by atoms with Crippen molar-refractivity contribution >= 4 is 21.9 Å². The van der Waals surface area contributed by atoms with E-state index < -0.39 is 28.0 Å². The van der Waals surface area contributed by atoms with Crippen LogP contribution in [0, 0.1) is 25.7 Å². The van der Waals surface area contributed by atoms with Gasteiger partial charge in [-0.15, -0.1) is 0 Å². The number of nitrogens with one attached hydrogen (secondary N) is 1. The number of hydrogen-bond donors (Lipinski definition) is 1. The van der Waals surface area contributed by atoms with Gasteiger partial charge in [0.2, 0.25) is 10.0 Å². The van der Waals surface area contributed by atoms with E-state index in [1.807, 2.05) is 19.9 Å². The minimum absolute atomic E-state index is 0.261. The summed E-state index contributed by atoms with van der Waals surface area (Å²) in [6.07, 6.45) is 5.90. The van der Waals surface area contributed by atoms with Crippen LogP contribution in [-0.2, 0) is 24.3 Å². The highest BCUT2D eigenvalue weighted by molar-refractivity contribution is 7.89. The van der Waals surface area contributed by atoms with E-state index in [1.54, 1.807) is 19.1 Å². The van der Waals surface area contributed by atoms with Crippen LogP contribution in [0.2, 0.25) is 0 Å². The molecular weight excluding hydrogens is 428 g/mol. The van der Waals surface area contributed by atoms with E-state index in [0.29, 0.717) is 25.3 Å². The third-order valence-electron chi connectivity index (χ3n) is 6.86. The summed E-state index contributed by atoms with van der Waals surface area (Å²) in [5, 5.41) is 2.91. The predicted octanol–water partition coefficient (Wildman–Crippen LogP) is 3.33. The lowest BCUT2D eigenvalue weighted by atomic mass is 9.89. The van der Waals surface area contributed by atoms with Crippen LogP contribution < -0.4 is 5.32 Å². The van der Waals surface area contributed by atoms with Gasteiger partial charge >= 0.3 is 5.97 Å². The molecule has 178 valence electrons. The van der Waals surface area contributed by atoms with E-state index in [9.17, 15) is 18.0 Å². The van der Waals surface area contributed by atoms with Gasteiger partial charge in [0, 0.05) is 19.6 Å². The number of esters is 1. The second-order valence-electron chi connectivity index (χ2n) is 9.25. The minimum Gasteiger partial charge on any atom is -0.452 e. The zero-order valence-electron chi connectivity index (χ0n) is 19.4. The number of amides is 1. The van der Waals surface area contributed by atoms with E-state index in [2.05, 4.69) is 5.32 Å². The van der Waals surface area contributed by atoms with Gasteiger partial charge in [0.05, 0.1) is 10.8 Å². The SMILES string of the molecule is Cc1ccc(S(=O)(=O)N2CCC(C(=O)O[C@@H](C)C(=O)NCC3CCCCC3)CC2)cc1C. The fourth-order valence-electron chi connectivity index (χ4n) is 4.46. The molecular formula is C24H36N2O5S. The Labute approximate surface area is 191 Å². The van der Waals surface area contributed by atoms with Crippen molar-refractivity contribution in [3.8, 4) is 0 Å². The number of nitrogens with zero attached hydrogens (tertiary/aromatic N) is 1. The summed E-state index contributed by atoms with van der Waals surface area (Å²) in [6, 6.07) is 5.14. The number of carbonyl (C=O) groups excluding carboxylic acids is 2. The van der Waals surface area contributed by atoms with Crippen LogP contribution in [0.1, 0.15) is 63.0 Å². The largest absolute Gasteiger partial charge is 0.452 e. The Balaban J connectivity index is 1.47. The van der Waals surface area contributed by atoms with Crippen molar-refractivity contribution in [1.82, 2.24) is 9.62 Å². The van der Waals surface area contributed by atoms with Crippen molar-refractivity contribution in [3.63, 3.8) is 0 Å². The van der Waals surface area contributed by atoms with Gasteiger partial charge in [0.15, 0.2) is 6.10 Å². The lowest BCUT2D eigenvalue weighted by Crippen LogP contribution is -2.43. The van der Waals surface area contributed by atoms with Crippen LogP contribution in [0.15, 0.2) is 23.1 Å². The van der Waals surface area contributed by atoms with Gasteiger partial charge in [-0.3, -0.25) is 9.59 Å². The Hall–Kier alpha value is -1.93. The maximum atomic E-state index is 13.0. The molecule has 1 saturated carbocycles. The number of rotatable bonds is 7. The summed E-state index contributed by atoms with van der Waals surface area (Å²) in [5.41, 5.74) is 1.97. The Bertz CT molecular complexity index is 916. The molecule has 2 fully saturated rings. The summed E-state index contributed by atoms with van der Waals surface area (Å²) in [6.45, 7) is 6.58. The predicted molar refractivity (Wildman–Crippen MR) is 123 cm³/mol. The first-order chi connectivity index (χ1) is 15.2. The molecule has 2 aliphatic rings. The monoisotopic (exact) mass is 464 g/mol. The van der Waals surface area contributed by atoms with E-state index >= 15 is 0 Å². The standard InChI is InChI=1S/C24H36N2O5S/c1-17-9-10-22(15-18(17)2)32(29,30)26-13-11-21(12-14-26)24(28)31-19(3)23(27)25-16-20-7-5-4-6-8-20/h9-10,15,19-21H,4-8,11-14,16H2,1-3H3,(H,25,27)/t19-/m0/s1. The first-order valence-corrected chi connectivity index (χ1v) is 13.2. The van der Waals surface area contributed by atoms with Crippen molar-refractivity contribution in [2.24, 2.45) is 11.8 Å². The third kappa shape index (κ3) is 6.10. The molecule has 1 aliphatic carbocycles. The van der Waals surface area contributed by atoms with Crippen molar-refractivity contribution in [2.75, 3.05) is 19.6 Å². The van der Waals surface area contributed by atoms with Crippen LogP contribution in [0.4, 0.5) is 0 Å². The second kappa shape index (κ2) is 10.8. The Morgan fingerprint density at radius 2 is 1.72 bits per heavy atom. The maximum Gasteiger partial charge on any atom is 0.309 e. The average Bonchev–Trinajstić information content (AvgIpc) is 2.79. The second-order valence-corrected chi connectivity index (χ2v) is 11.2. The molecule has 7 nitrogen and oxygen atoms in total. The Kier molecular flexibility index (Phi) is 8.33. The number of ether oxygens (including phenoxy) is 1. The highest BCUT2D eigenvalue weighted by Crippen LogP contribution is 2.26. The summed E-state index contributed by atoms with van der Waals surface area (Å²) < 4.78 is 32.7. The average molecular weight is 465 g/mol. The van der Waals surface area contributed by atoms with E-state index in [0.717, 1.165) is 24.0 Å². The van der Waals surface area contributed by atoms with Crippen molar-refractivity contribution in [2.45, 2.75) is 76.7 Å². The van der Waals surface area contributed by atoms with E-state index in [1.165, 1.54) is 23.6 Å². The Morgan fingerprint density at radius 1 is 1.06 bits per heavy atom. The normalized spacial score (nSPS) is 20.0. The highest BCUT2D eigenvalue weighted by Gasteiger charge is 2.34. The molecule has 1 saturated heterocycles. The molecule has 1 aromatic carbocycles. The van der Waals surface area contributed by atoms with E-state index in [4.69, 9.17) is 4.74 Å². The van der Waals surface area contributed by atoms with Crippen LogP contribution in [-0.4, -0.2) is 50.3 Å². The lowest BCUT2D eigenvalue weighted by molar-refractivity contribution is -0.159. The molecule has 1 aliphatic heterocycles. The first-order valence-electron chi connectivity index (χ1n) is 11.7. The number of sulfonamides is 1. The van der Waals surface area contributed by atoms with Crippen LogP contribution in [0.25, 0.3) is 0 Å². The lowest BCUT2D eigenvalue weighted by Gasteiger charge is -2.30. The molecule has 1 N–H and O–H groups in total. The smallest absolute Gasteiger partial charge is 0.309 e. The van der Waals surface area contributed by atoms with Crippen LogP contribution in [0.3, 0.4) is 0 Å². The zero-order chi connectivity index (χ0) is 23.3. The van der Waals surface area contributed by atoms with E-state index in [-0.39, 0.29) is 23.9 Å². The fraction of sp³-hybridized carbons (Fsp3) is 0.667. The van der Waals surface area contributed by atoms with Gasteiger partial charge < -0.3 is 10.1 Å². The number of carbonyl (C=O) groups is 2. The molecule has 1 heterocycles. The van der Waals surface area contributed by atoms with Gasteiger partial charge in [0.25, 0.3) is 5.91 Å². The topological polar surface area (TPSA) is 92.8 Å². The van der Waals surface area contributed by atoms with Crippen molar-refractivity contribution < 1.29 is 22.7 Å². The summed E-state index contributed by atoms with van der Waals surface area (Å²) >= 11 is 0. The number of benzene rings is 1. The highest BCUT2D eigenvalue weighted by atomic mass is 32.2. The molecule has 8 heteroatoms. The number of hydrogen-bond acceptors (Lipinski definition) is 5. The first kappa shape index (κ1) is 24.7. The maximum absolute atomic E-state index is 13.0. The minimum atomic E-state index is -3.59. The Morgan fingerprint density at radius 3 is 2.34 bits per heavy atom.